The first-order valence-electron chi connectivity index (χ1n) is 15.7. The number of ether oxygens (including phenoxy) is 1. The lowest BCUT2D eigenvalue weighted by Crippen LogP contribution is -2.45. The molecule has 0 spiro atoms. The lowest BCUT2D eigenvalue weighted by Gasteiger charge is -2.31. The molecule has 0 fully saturated rings. The first-order chi connectivity index (χ1) is 23.2. The average molecular weight is 674 g/mol. The van der Waals surface area contributed by atoms with Crippen LogP contribution in [0, 0.1) is 11.6 Å². The Balaban J connectivity index is 1.32. The highest BCUT2D eigenvalue weighted by Gasteiger charge is 2.32. The van der Waals surface area contributed by atoms with E-state index >= 15 is 0 Å². The van der Waals surface area contributed by atoms with Crippen molar-refractivity contribution in [3.05, 3.63) is 138 Å². The molecule has 250 valence electrons. The van der Waals surface area contributed by atoms with Crippen LogP contribution in [0.1, 0.15) is 49.3 Å². The minimum atomic E-state index is -3.97. The second-order valence-electron chi connectivity index (χ2n) is 11.5. The first kappa shape index (κ1) is 34.3. The lowest BCUT2D eigenvalue weighted by molar-refractivity contribution is -0.143. The molecule has 8 nitrogen and oxygen atoms in total. The second kappa shape index (κ2) is 16.2. The van der Waals surface area contributed by atoms with Crippen LogP contribution in [0.5, 0.6) is 5.75 Å². The van der Waals surface area contributed by atoms with Crippen molar-refractivity contribution in [2.24, 2.45) is 0 Å². The molecule has 4 aromatic rings. The van der Waals surface area contributed by atoms with Crippen LogP contribution in [0.3, 0.4) is 0 Å². The highest BCUT2D eigenvalue weighted by Crippen LogP contribution is 2.26. The summed E-state index contributed by atoms with van der Waals surface area (Å²) in [5.41, 5.74) is 2.74. The molecular formula is C37H37F2N3O5S. The van der Waals surface area contributed by atoms with E-state index in [0.29, 0.717) is 17.7 Å². The van der Waals surface area contributed by atoms with Gasteiger partial charge in [0.05, 0.1) is 4.90 Å². The molecular weight excluding hydrogens is 636 g/mol. The highest BCUT2D eigenvalue weighted by molar-refractivity contribution is 7.92. The molecule has 0 bridgehead atoms. The van der Waals surface area contributed by atoms with Crippen LogP contribution in [0.15, 0.2) is 120 Å². The summed E-state index contributed by atoms with van der Waals surface area (Å²) in [6.07, 6.45) is 7.33. The van der Waals surface area contributed by atoms with E-state index in [9.17, 15) is 26.8 Å². The van der Waals surface area contributed by atoms with Gasteiger partial charge in [-0.1, -0.05) is 54.1 Å². The minimum Gasteiger partial charge on any atom is -0.484 e. The van der Waals surface area contributed by atoms with Gasteiger partial charge in [-0.3, -0.25) is 14.3 Å². The van der Waals surface area contributed by atoms with Gasteiger partial charge in [-0.05, 0) is 104 Å². The molecule has 11 heteroatoms. The van der Waals surface area contributed by atoms with Crippen molar-refractivity contribution in [3.8, 4) is 5.75 Å². The molecule has 1 aliphatic rings. The van der Waals surface area contributed by atoms with E-state index in [1.54, 1.807) is 36.4 Å². The van der Waals surface area contributed by atoms with Crippen LogP contribution in [-0.4, -0.2) is 38.3 Å². The second-order valence-corrected chi connectivity index (χ2v) is 13.2. The van der Waals surface area contributed by atoms with E-state index in [-0.39, 0.29) is 28.8 Å². The Hall–Kier alpha value is -5.03. The van der Waals surface area contributed by atoms with Crippen molar-refractivity contribution in [2.75, 3.05) is 17.9 Å². The number of hydrogen-bond donors (Lipinski definition) is 2. The third-order valence-corrected chi connectivity index (χ3v) is 9.38. The lowest BCUT2D eigenvalue weighted by atomic mass is 9.97. The first-order valence-corrected chi connectivity index (χ1v) is 17.2. The molecule has 0 saturated carbocycles. The molecule has 0 heterocycles. The third kappa shape index (κ3) is 9.51. The van der Waals surface area contributed by atoms with Gasteiger partial charge in [0.1, 0.15) is 23.4 Å². The van der Waals surface area contributed by atoms with Gasteiger partial charge in [0.25, 0.3) is 15.9 Å². The van der Waals surface area contributed by atoms with Crippen molar-refractivity contribution in [1.29, 1.82) is 0 Å². The standard InChI is InChI=1S/C37H37F2N3O5S/c38-30-13-11-28(12-14-30)25-42(36(29-9-5-2-6-10-29)37(44)40-24-23-27-7-3-1-4-8-27)35(43)26-47-33-19-21-34(22-20-33)48(45,46)41-32-17-15-31(39)16-18-32/h2,5-7,9-22,36,41H,1,3-4,8,23-26H2,(H,40,44)/t36-/m0/s1. The normalized spacial score (nSPS) is 13.6. The van der Waals surface area contributed by atoms with Gasteiger partial charge in [0, 0.05) is 18.8 Å². The molecule has 5 rings (SSSR count). The van der Waals surface area contributed by atoms with E-state index in [2.05, 4.69) is 16.1 Å². The Kier molecular flexibility index (Phi) is 11.6. The average Bonchev–Trinajstić information content (AvgIpc) is 3.10. The van der Waals surface area contributed by atoms with Gasteiger partial charge in [0.15, 0.2) is 6.61 Å². The molecule has 48 heavy (non-hydrogen) atoms. The molecule has 0 aromatic heterocycles. The summed E-state index contributed by atoms with van der Waals surface area (Å²) in [7, 11) is -3.97. The third-order valence-electron chi connectivity index (χ3n) is 7.99. The number of anilines is 1. The number of sulfonamides is 1. The van der Waals surface area contributed by atoms with Crippen LogP contribution < -0.4 is 14.8 Å². The number of carbonyl (C=O) groups excluding carboxylic acids is 2. The summed E-state index contributed by atoms with van der Waals surface area (Å²) in [6.45, 7) is -0.0220. The largest absolute Gasteiger partial charge is 0.484 e. The highest BCUT2D eigenvalue weighted by atomic mass is 32.2. The van der Waals surface area contributed by atoms with Gasteiger partial charge in [0.2, 0.25) is 5.91 Å². The number of allylic oxidation sites excluding steroid dienone is 1. The van der Waals surface area contributed by atoms with Crippen LogP contribution in [0.25, 0.3) is 0 Å². The molecule has 2 N–H and O–H groups in total. The van der Waals surface area contributed by atoms with E-state index in [1.807, 2.05) is 6.07 Å². The smallest absolute Gasteiger partial charge is 0.261 e. The van der Waals surface area contributed by atoms with Gasteiger partial charge in [-0.2, -0.15) is 0 Å². The fraction of sp³-hybridized carbons (Fsp3) is 0.243. The molecule has 0 aliphatic heterocycles. The number of rotatable bonds is 14. The van der Waals surface area contributed by atoms with E-state index in [4.69, 9.17) is 4.74 Å². The Labute approximate surface area is 279 Å². The summed E-state index contributed by atoms with van der Waals surface area (Å²) < 4.78 is 60.8. The molecule has 1 aliphatic carbocycles. The molecule has 0 saturated heterocycles. The quantitative estimate of drug-likeness (QED) is 0.142. The molecule has 0 radical (unpaired) electrons. The van der Waals surface area contributed by atoms with Crippen molar-refractivity contribution < 1.29 is 31.5 Å². The Morgan fingerprint density at radius 2 is 1.50 bits per heavy atom. The fourth-order valence-electron chi connectivity index (χ4n) is 5.47. The van der Waals surface area contributed by atoms with Crippen LogP contribution >= 0.6 is 0 Å². The zero-order valence-corrected chi connectivity index (χ0v) is 27.1. The van der Waals surface area contributed by atoms with Crippen molar-refractivity contribution in [2.45, 2.75) is 49.6 Å². The van der Waals surface area contributed by atoms with Crippen molar-refractivity contribution in [1.82, 2.24) is 10.2 Å². The summed E-state index contributed by atoms with van der Waals surface area (Å²) in [5, 5.41) is 3.02. The predicted molar refractivity (Wildman–Crippen MR) is 179 cm³/mol. The van der Waals surface area contributed by atoms with Gasteiger partial charge in [-0.15, -0.1) is 0 Å². The zero-order chi connectivity index (χ0) is 33.9. The number of amides is 2. The van der Waals surface area contributed by atoms with Gasteiger partial charge in [-0.25, -0.2) is 17.2 Å². The molecule has 1 atom stereocenters. The topological polar surface area (TPSA) is 105 Å². The molecule has 0 unspecified atom stereocenters. The maximum absolute atomic E-state index is 13.9. The number of nitrogens with zero attached hydrogens (tertiary/aromatic N) is 1. The molecule has 4 aromatic carbocycles. The van der Waals surface area contributed by atoms with E-state index < -0.39 is 40.2 Å². The fourth-order valence-corrected chi connectivity index (χ4v) is 6.53. The predicted octanol–water partition coefficient (Wildman–Crippen LogP) is 6.92. The van der Waals surface area contributed by atoms with E-state index in [1.165, 1.54) is 65.4 Å². The van der Waals surface area contributed by atoms with Gasteiger partial charge < -0.3 is 15.0 Å². The SMILES string of the molecule is O=C(NCCC1=CCCCC1)[C@H](c1ccccc1)N(Cc1ccc(F)cc1)C(=O)COc1ccc(S(=O)(=O)Nc2ccc(F)cc2)cc1. The van der Waals surface area contributed by atoms with Crippen molar-refractivity contribution in [3.63, 3.8) is 0 Å². The van der Waals surface area contributed by atoms with Crippen LogP contribution in [-0.2, 0) is 26.2 Å². The zero-order valence-electron chi connectivity index (χ0n) is 26.3. The Morgan fingerprint density at radius 1 is 0.833 bits per heavy atom. The summed E-state index contributed by atoms with van der Waals surface area (Å²) in [4.78, 5) is 29.1. The maximum Gasteiger partial charge on any atom is 0.261 e. The number of hydrogen-bond acceptors (Lipinski definition) is 5. The monoisotopic (exact) mass is 673 g/mol. The van der Waals surface area contributed by atoms with Gasteiger partial charge >= 0.3 is 0 Å². The van der Waals surface area contributed by atoms with Crippen LogP contribution in [0.4, 0.5) is 14.5 Å². The number of nitrogens with one attached hydrogen (secondary N) is 2. The van der Waals surface area contributed by atoms with Crippen LogP contribution in [0.2, 0.25) is 0 Å². The maximum atomic E-state index is 13.9. The summed E-state index contributed by atoms with van der Waals surface area (Å²) in [5.74, 6) is -1.54. The summed E-state index contributed by atoms with van der Waals surface area (Å²) >= 11 is 0. The Bertz CT molecular complexity index is 1820. The summed E-state index contributed by atoms with van der Waals surface area (Å²) in [6, 6.07) is 24.1. The number of benzene rings is 4. The minimum absolute atomic E-state index is 0.00679. The number of carbonyl (C=O) groups is 2. The van der Waals surface area contributed by atoms with E-state index in [0.717, 1.165) is 37.8 Å². The number of halogens is 2. The molecule has 2 amide bonds. The Morgan fingerprint density at radius 3 is 2.15 bits per heavy atom. The van der Waals surface area contributed by atoms with Crippen molar-refractivity contribution >= 4 is 27.5 Å².